The van der Waals surface area contributed by atoms with Gasteiger partial charge in [-0.25, -0.2) is 9.37 Å². The molecule has 2 heterocycles. The smallest absolute Gasteiger partial charge is 0.260 e. The van der Waals surface area contributed by atoms with Gasteiger partial charge in [0.25, 0.3) is 5.56 Å². The molecule has 2 N–H and O–H groups in total. The highest BCUT2D eigenvalue weighted by atomic mass is 19.1. The maximum Gasteiger partial charge on any atom is 0.260 e. The molecule has 0 aliphatic carbocycles. The number of nitrogen functional groups attached to an aromatic ring is 1. The number of aromatic nitrogens is 3. The lowest BCUT2D eigenvalue weighted by molar-refractivity contribution is 0.628. The quantitative estimate of drug-likeness (QED) is 0.783. The summed E-state index contributed by atoms with van der Waals surface area (Å²) in [6.07, 6.45) is 1.58. The molecule has 0 spiro atoms. The Labute approximate surface area is 119 Å². The number of nitrogens with zero attached hydrogens (tertiary/aromatic N) is 3. The maximum absolute atomic E-state index is 13.0. The van der Waals surface area contributed by atoms with Crippen molar-refractivity contribution in [1.82, 2.24) is 14.5 Å². The molecule has 0 saturated heterocycles. The molecule has 0 saturated carbocycles. The summed E-state index contributed by atoms with van der Waals surface area (Å²) in [6, 6.07) is 7.52. The van der Waals surface area contributed by atoms with Gasteiger partial charge in [-0.1, -0.05) is 12.1 Å². The molecule has 3 rings (SSSR count). The predicted octanol–water partition coefficient (Wildman–Crippen LogP) is 2.20. The van der Waals surface area contributed by atoms with Gasteiger partial charge in [-0.05, 0) is 30.7 Å². The summed E-state index contributed by atoms with van der Waals surface area (Å²) < 4.78 is 14.6. The first-order valence-electron chi connectivity index (χ1n) is 6.52. The zero-order valence-electron chi connectivity index (χ0n) is 11.4. The van der Waals surface area contributed by atoms with Crippen molar-refractivity contribution >= 4 is 17.0 Å². The van der Waals surface area contributed by atoms with Crippen molar-refractivity contribution in [3.8, 4) is 11.1 Å². The van der Waals surface area contributed by atoms with Crippen LogP contribution < -0.4 is 11.3 Å². The molecule has 0 bridgehead atoms. The number of anilines is 1. The van der Waals surface area contributed by atoms with E-state index in [0.717, 1.165) is 0 Å². The summed E-state index contributed by atoms with van der Waals surface area (Å²) in [5.74, 6) is -0.218. The summed E-state index contributed by atoms with van der Waals surface area (Å²) in [4.78, 5) is 20.7. The van der Waals surface area contributed by atoms with Crippen LogP contribution in [0.1, 0.15) is 6.92 Å². The number of nitrogens with two attached hydrogens (primary N) is 1. The SMILES string of the molecule is CCn1c(=O)c(-c2ccc(F)cc2)cc2cnc(N)nc21. The van der Waals surface area contributed by atoms with Gasteiger partial charge in [-0.2, -0.15) is 4.98 Å². The molecule has 2 aromatic heterocycles. The van der Waals surface area contributed by atoms with E-state index in [0.29, 0.717) is 28.7 Å². The van der Waals surface area contributed by atoms with Gasteiger partial charge in [0.2, 0.25) is 5.95 Å². The number of benzene rings is 1. The van der Waals surface area contributed by atoms with Crippen molar-refractivity contribution in [3.05, 3.63) is 52.7 Å². The lowest BCUT2D eigenvalue weighted by Gasteiger charge is -2.10. The van der Waals surface area contributed by atoms with Crippen molar-refractivity contribution in [2.75, 3.05) is 5.73 Å². The van der Waals surface area contributed by atoms with Gasteiger partial charge >= 0.3 is 0 Å². The second kappa shape index (κ2) is 4.97. The molecule has 0 amide bonds. The van der Waals surface area contributed by atoms with Crippen molar-refractivity contribution in [3.63, 3.8) is 0 Å². The van der Waals surface area contributed by atoms with Crippen LogP contribution >= 0.6 is 0 Å². The molecular weight excluding hydrogens is 271 g/mol. The topological polar surface area (TPSA) is 73.8 Å². The minimum Gasteiger partial charge on any atom is -0.368 e. The zero-order valence-corrected chi connectivity index (χ0v) is 11.4. The van der Waals surface area contributed by atoms with Gasteiger partial charge in [-0.3, -0.25) is 9.36 Å². The number of hydrogen-bond acceptors (Lipinski definition) is 4. The van der Waals surface area contributed by atoms with Gasteiger partial charge in [-0.15, -0.1) is 0 Å². The molecule has 0 atom stereocenters. The van der Waals surface area contributed by atoms with E-state index in [2.05, 4.69) is 9.97 Å². The van der Waals surface area contributed by atoms with Crippen LogP contribution in [0.2, 0.25) is 0 Å². The monoisotopic (exact) mass is 284 g/mol. The number of halogens is 1. The number of aryl methyl sites for hydroxylation is 1. The number of rotatable bonds is 2. The van der Waals surface area contributed by atoms with Crippen molar-refractivity contribution in [1.29, 1.82) is 0 Å². The van der Waals surface area contributed by atoms with E-state index < -0.39 is 0 Å². The predicted molar refractivity (Wildman–Crippen MR) is 79.3 cm³/mol. The molecule has 0 unspecified atom stereocenters. The molecule has 5 nitrogen and oxygen atoms in total. The van der Waals surface area contributed by atoms with Crippen LogP contribution in [0.4, 0.5) is 10.3 Å². The van der Waals surface area contributed by atoms with Gasteiger partial charge in [0.15, 0.2) is 0 Å². The Morgan fingerprint density at radius 2 is 2.00 bits per heavy atom. The van der Waals surface area contributed by atoms with Crippen LogP contribution in [0.15, 0.2) is 41.3 Å². The van der Waals surface area contributed by atoms with E-state index in [9.17, 15) is 9.18 Å². The maximum atomic E-state index is 13.0. The first-order valence-corrected chi connectivity index (χ1v) is 6.52. The summed E-state index contributed by atoms with van der Waals surface area (Å²) in [7, 11) is 0. The van der Waals surface area contributed by atoms with Crippen LogP contribution in [0.5, 0.6) is 0 Å². The minimum atomic E-state index is -0.341. The van der Waals surface area contributed by atoms with Crippen LogP contribution in [-0.4, -0.2) is 14.5 Å². The van der Waals surface area contributed by atoms with Gasteiger partial charge < -0.3 is 5.73 Å². The molecule has 1 aromatic carbocycles. The lowest BCUT2D eigenvalue weighted by Crippen LogP contribution is -2.22. The van der Waals surface area contributed by atoms with Crippen LogP contribution in [0, 0.1) is 5.82 Å². The Morgan fingerprint density at radius 3 is 2.67 bits per heavy atom. The second-order valence-corrected chi connectivity index (χ2v) is 4.62. The van der Waals surface area contributed by atoms with Gasteiger partial charge in [0.1, 0.15) is 11.5 Å². The Kier molecular flexibility index (Phi) is 3.13. The Hall–Kier alpha value is -2.76. The first-order chi connectivity index (χ1) is 10.1. The van der Waals surface area contributed by atoms with Crippen LogP contribution in [0.3, 0.4) is 0 Å². The second-order valence-electron chi connectivity index (χ2n) is 4.62. The van der Waals surface area contributed by atoms with E-state index in [1.165, 1.54) is 16.7 Å². The normalized spacial score (nSPS) is 11.0. The Balaban J connectivity index is 2.34. The molecule has 0 radical (unpaired) electrons. The van der Waals surface area contributed by atoms with Crippen LogP contribution in [-0.2, 0) is 6.54 Å². The number of hydrogen-bond donors (Lipinski definition) is 1. The van der Waals surface area contributed by atoms with Crippen LogP contribution in [0.25, 0.3) is 22.2 Å². The standard InChI is InChI=1S/C15H13FN4O/c1-2-20-13-10(8-18-15(17)19-13)7-12(14(20)21)9-3-5-11(16)6-4-9/h3-8H,2H2,1H3,(H2,17,18,19). The third kappa shape index (κ3) is 2.24. The van der Waals surface area contributed by atoms with E-state index >= 15 is 0 Å². The summed E-state index contributed by atoms with van der Waals surface area (Å²) in [5, 5.41) is 0.713. The minimum absolute atomic E-state index is 0.124. The highest BCUT2D eigenvalue weighted by Gasteiger charge is 2.12. The molecule has 3 aromatic rings. The van der Waals surface area contributed by atoms with Gasteiger partial charge in [0, 0.05) is 23.7 Å². The molecular formula is C15H13FN4O. The zero-order chi connectivity index (χ0) is 15.0. The fourth-order valence-electron chi connectivity index (χ4n) is 2.30. The average Bonchev–Trinajstić information content (AvgIpc) is 2.48. The summed E-state index contributed by atoms with van der Waals surface area (Å²) in [6.45, 7) is 2.31. The largest absolute Gasteiger partial charge is 0.368 e. The third-order valence-electron chi connectivity index (χ3n) is 3.32. The Morgan fingerprint density at radius 1 is 1.29 bits per heavy atom. The van der Waals surface area contributed by atoms with Crippen molar-refractivity contribution < 1.29 is 4.39 Å². The molecule has 21 heavy (non-hydrogen) atoms. The molecule has 106 valence electrons. The average molecular weight is 284 g/mol. The van der Waals surface area contributed by atoms with E-state index in [4.69, 9.17) is 5.73 Å². The highest BCUT2D eigenvalue weighted by molar-refractivity contribution is 5.81. The van der Waals surface area contributed by atoms with Crippen molar-refractivity contribution in [2.24, 2.45) is 0 Å². The molecule has 0 aliphatic heterocycles. The first kappa shape index (κ1) is 13.2. The number of fused-ring (bicyclic) bond motifs is 1. The summed E-state index contributed by atoms with van der Waals surface area (Å²) >= 11 is 0. The molecule has 0 aliphatic rings. The van der Waals surface area contributed by atoms with Gasteiger partial charge in [0.05, 0.1) is 0 Å². The lowest BCUT2D eigenvalue weighted by atomic mass is 10.1. The van der Waals surface area contributed by atoms with E-state index in [1.807, 2.05) is 6.92 Å². The third-order valence-corrected chi connectivity index (χ3v) is 3.32. The van der Waals surface area contributed by atoms with E-state index in [1.54, 1.807) is 24.4 Å². The highest BCUT2D eigenvalue weighted by Crippen LogP contribution is 2.20. The molecule has 6 heteroatoms. The summed E-state index contributed by atoms with van der Waals surface area (Å²) in [5.41, 5.74) is 7.04. The Bertz CT molecular complexity index is 871. The fourth-order valence-corrected chi connectivity index (χ4v) is 2.30. The number of pyridine rings is 1. The van der Waals surface area contributed by atoms with E-state index in [-0.39, 0.29) is 17.3 Å². The molecule has 0 fully saturated rings. The van der Waals surface area contributed by atoms with Crippen molar-refractivity contribution in [2.45, 2.75) is 13.5 Å². The fraction of sp³-hybridized carbons (Fsp3) is 0.133.